The van der Waals surface area contributed by atoms with Gasteiger partial charge in [0, 0.05) is 30.8 Å². The molecule has 0 spiro atoms. The maximum Gasteiger partial charge on any atom is 0.416 e. The number of likely N-dealkylation sites (tertiary alicyclic amines) is 1. The number of carboxylic acid groups (broad SMARTS) is 1. The second kappa shape index (κ2) is 11.0. The van der Waals surface area contributed by atoms with Crippen LogP contribution in [0.4, 0.5) is 17.6 Å². The molecule has 0 atom stereocenters. The molecule has 2 aromatic carbocycles. The van der Waals surface area contributed by atoms with E-state index in [4.69, 9.17) is 9.94 Å². The number of hydrogen-bond donors (Lipinski definition) is 1. The Hall–Kier alpha value is -2.94. The van der Waals surface area contributed by atoms with E-state index in [1.807, 2.05) is 4.90 Å². The lowest BCUT2D eigenvalue weighted by atomic mass is 9.81. The van der Waals surface area contributed by atoms with Gasteiger partial charge in [0.05, 0.1) is 17.2 Å². The van der Waals surface area contributed by atoms with Crippen molar-refractivity contribution in [2.45, 2.75) is 64.3 Å². The van der Waals surface area contributed by atoms with Crippen LogP contribution in [0.2, 0.25) is 0 Å². The maximum absolute atomic E-state index is 14.6. The van der Waals surface area contributed by atoms with Gasteiger partial charge in [-0.2, -0.15) is 13.2 Å². The fraction of sp³-hybridized carbons (Fsp3) is 0.481. The Labute approximate surface area is 207 Å². The SMILES string of the molecule is CC(=NOCc1ccc(C2CCCCC2)c(C(F)(F)F)c1)c1ccc(CN2CC(C(=O)O)C2)c(F)c1. The fourth-order valence-corrected chi connectivity index (χ4v) is 4.96. The van der Waals surface area contributed by atoms with E-state index in [2.05, 4.69) is 5.16 Å². The lowest BCUT2D eigenvalue weighted by Gasteiger charge is -2.36. The molecule has 0 bridgehead atoms. The van der Waals surface area contributed by atoms with E-state index in [0.29, 0.717) is 47.6 Å². The molecule has 5 nitrogen and oxygen atoms in total. The van der Waals surface area contributed by atoms with Crippen molar-refractivity contribution in [1.82, 2.24) is 4.90 Å². The van der Waals surface area contributed by atoms with E-state index in [1.165, 1.54) is 6.07 Å². The van der Waals surface area contributed by atoms with Gasteiger partial charge in [-0.3, -0.25) is 9.69 Å². The van der Waals surface area contributed by atoms with Crippen LogP contribution in [0.15, 0.2) is 41.6 Å². The van der Waals surface area contributed by atoms with E-state index in [9.17, 15) is 22.4 Å². The van der Waals surface area contributed by atoms with Crippen LogP contribution < -0.4 is 0 Å². The molecule has 1 N–H and O–H groups in total. The first kappa shape index (κ1) is 26.1. The van der Waals surface area contributed by atoms with E-state index < -0.39 is 29.4 Å². The number of carbonyl (C=O) groups is 1. The van der Waals surface area contributed by atoms with Crippen molar-refractivity contribution in [3.05, 3.63) is 70.0 Å². The number of oxime groups is 1. The highest BCUT2D eigenvalue weighted by Crippen LogP contribution is 2.41. The molecule has 0 amide bonds. The van der Waals surface area contributed by atoms with Gasteiger partial charge in [-0.25, -0.2) is 4.39 Å². The molecule has 0 unspecified atom stereocenters. The second-order valence-electron chi connectivity index (χ2n) is 9.74. The Morgan fingerprint density at radius 1 is 1.11 bits per heavy atom. The first-order chi connectivity index (χ1) is 17.1. The molecule has 1 saturated carbocycles. The topological polar surface area (TPSA) is 62.1 Å². The average Bonchev–Trinajstić information content (AvgIpc) is 2.81. The Morgan fingerprint density at radius 2 is 1.83 bits per heavy atom. The van der Waals surface area contributed by atoms with Crippen molar-refractivity contribution in [3.8, 4) is 0 Å². The average molecular weight is 507 g/mol. The third-order valence-corrected chi connectivity index (χ3v) is 7.07. The molecule has 2 aliphatic rings. The van der Waals surface area contributed by atoms with Crippen LogP contribution in [-0.2, 0) is 29.0 Å². The van der Waals surface area contributed by atoms with Gasteiger partial charge in [-0.1, -0.05) is 48.7 Å². The number of halogens is 4. The van der Waals surface area contributed by atoms with Crippen LogP contribution in [0.1, 0.15) is 72.8 Å². The van der Waals surface area contributed by atoms with E-state index in [1.54, 1.807) is 31.2 Å². The summed E-state index contributed by atoms with van der Waals surface area (Å²) >= 11 is 0. The van der Waals surface area contributed by atoms with Gasteiger partial charge in [0.15, 0.2) is 0 Å². The van der Waals surface area contributed by atoms with Crippen molar-refractivity contribution < 1.29 is 32.3 Å². The summed E-state index contributed by atoms with van der Waals surface area (Å²) in [5, 5.41) is 12.9. The number of rotatable bonds is 8. The Bertz CT molecular complexity index is 1120. The van der Waals surface area contributed by atoms with Gasteiger partial charge in [0.25, 0.3) is 0 Å². The maximum atomic E-state index is 14.6. The molecule has 1 aliphatic heterocycles. The van der Waals surface area contributed by atoms with Crippen molar-refractivity contribution in [2.24, 2.45) is 11.1 Å². The van der Waals surface area contributed by atoms with Gasteiger partial charge in [-0.15, -0.1) is 0 Å². The van der Waals surface area contributed by atoms with Crippen LogP contribution in [0.3, 0.4) is 0 Å². The summed E-state index contributed by atoms with van der Waals surface area (Å²) in [6.45, 7) is 2.60. The normalized spacial score (nSPS) is 18.2. The van der Waals surface area contributed by atoms with Gasteiger partial charge < -0.3 is 9.94 Å². The number of nitrogens with zero attached hydrogens (tertiary/aromatic N) is 2. The highest BCUT2D eigenvalue weighted by molar-refractivity contribution is 5.98. The standard InChI is InChI=1S/C27H30F4N2O3/c1-17(20-8-9-21(25(28)12-20)13-33-14-22(15-33)26(34)35)32-36-16-18-7-10-23(19-5-3-2-4-6-19)24(11-18)27(29,30)31/h7-12,19,22H,2-6,13-16H2,1H3,(H,34,35). The minimum atomic E-state index is -4.44. The van der Waals surface area contributed by atoms with Crippen LogP contribution in [0, 0.1) is 11.7 Å². The third kappa shape index (κ3) is 6.24. The molecule has 2 fully saturated rings. The Kier molecular flexibility index (Phi) is 7.97. The van der Waals surface area contributed by atoms with Crippen LogP contribution in [-0.4, -0.2) is 34.8 Å². The smallest absolute Gasteiger partial charge is 0.416 e. The van der Waals surface area contributed by atoms with Crippen molar-refractivity contribution in [2.75, 3.05) is 13.1 Å². The van der Waals surface area contributed by atoms with E-state index in [0.717, 1.165) is 38.2 Å². The molecule has 2 aromatic rings. The first-order valence-corrected chi connectivity index (χ1v) is 12.2. The molecule has 9 heteroatoms. The number of benzene rings is 2. The summed E-state index contributed by atoms with van der Waals surface area (Å²) in [7, 11) is 0. The lowest BCUT2D eigenvalue weighted by Crippen LogP contribution is -2.49. The predicted octanol–water partition coefficient (Wildman–Crippen LogP) is 6.35. The Balaban J connectivity index is 1.38. The summed E-state index contributed by atoms with van der Waals surface area (Å²) in [6, 6.07) is 9.01. The largest absolute Gasteiger partial charge is 0.481 e. The molecular weight excluding hydrogens is 476 g/mol. The molecule has 1 saturated heterocycles. The molecule has 0 radical (unpaired) electrons. The summed E-state index contributed by atoms with van der Waals surface area (Å²) < 4.78 is 55.8. The first-order valence-electron chi connectivity index (χ1n) is 12.2. The molecule has 4 rings (SSSR count). The number of aliphatic carboxylic acids is 1. The number of hydrogen-bond acceptors (Lipinski definition) is 4. The predicted molar refractivity (Wildman–Crippen MR) is 127 cm³/mol. The van der Waals surface area contributed by atoms with Crippen molar-refractivity contribution in [1.29, 1.82) is 0 Å². The summed E-state index contributed by atoms with van der Waals surface area (Å²) in [5.74, 6) is -1.75. The van der Waals surface area contributed by atoms with Gasteiger partial charge in [0.2, 0.25) is 0 Å². The fourth-order valence-electron chi connectivity index (χ4n) is 4.96. The second-order valence-corrected chi connectivity index (χ2v) is 9.74. The molecule has 1 aliphatic carbocycles. The number of carboxylic acids is 1. The van der Waals surface area contributed by atoms with Gasteiger partial charge >= 0.3 is 12.1 Å². The third-order valence-electron chi connectivity index (χ3n) is 7.07. The van der Waals surface area contributed by atoms with Crippen molar-refractivity contribution >= 4 is 11.7 Å². The van der Waals surface area contributed by atoms with Gasteiger partial charge in [0.1, 0.15) is 12.4 Å². The quantitative estimate of drug-likeness (QED) is 0.258. The molecular formula is C27H30F4N2O3. The minimum absolute atomic E-state index is 0.0665. The summed E-state index contributed by atoms with van der Waals surface area (Å²) in [5.41, 5.74) is 1.46. The molecule has 36 heavy (non-hydrogen) atoms. The summed E-state index contributed by atoms with van der Waals surface area (Å²) in [6.07, 6.45) is 0.0836. The zero-order chi connectivity index (χ0) is 25.9. The Morgan fingerprint density at radius 3 is 2.47 bits per heavy atom. The lowest BCUT2D eigenvalue weighted by molar-refractivity contribution is -0.147. The minimum Gasteiger partial charge on any atom is -0.481 e. The molecule has 1 heterocycles. The van der Waals surface area contributed by atoms with Crippen molar-refractivity contribution in [3.63, 3.8) is 0 Å². The highest BCUT2D eigenvalue weighted by Gasteiger charge is 2.36. The zero-order valence-electron chi connectivity index (χ0n) is 20.2. The summed E-state index contributed by atoms with van der Waals surface area (Å²) in [4.78, 5) is 18.1. The van der Waals surface area contributed by atoms with Crippen LogP contribution in [0.25, 0.3) is 0 Å². The zero-order valence-corrected chi connectivity index (χ0v) is 20.2. The monoisotopic (exact) mass is 506 g/mol. The van der Waals surface area contributed by atoms with Crippen LogP contribution >= 0.6 is 0 Å². The van der Waals surface area contributed by atoms with E-state index in [-0.39, 0.29) is 12.5 Å². The molecule has 194 valence electrons. The molecule has 0 aromatic heterocycles. The van der Waals surface area contributed by atoms with Crippen LogP contribution in [0.5, 0.6) is 0 Å². The van der Waals surface area contributed by atoms with Gasteiger partial charge in [-0.05, 0) is 48.9 Å². The highest BCUT2D eigenvalue weighted by atomic mass is 19.4. The number of alkyl halides is 3. The van der Waals surface area contributed by atoms with E-state index >= 15 is 0 Å².